The Morgan fingerprint density at radius 3 is 2.33 bits per heavy atom. The van der Waals surface area contributed by atoms with Gasteiger partial charge in [0.15, 0.2) is 0 Å². The van der Waals surface area contributed by atoms with Crippen LogP contribution in [0.3, 0.4) is 0 Å². The molecule has 0 bridgehead atoms. The van der Waals surface area contributed by atoms with Crippen LogP contribution in [-0.2, 0) is 6.54 Å². The Balaban J connectivity index is 0.00000160. The molecule has 3 heterocycles. The summed E-state index contributed by atoms with van der Waals surface area (Å²) in [5.74, 6) is 2.54. The summed E-state index contributed by atoms with van der Waals surface area (Å²) in [4.78, 5) is 4.98. The normalized spacial score (nSPS) is 26.0. The van der Waals surface area contributed by atoms with Gasteiger partial charge in [-0.3, -0.25) is 4.90 Å². The first-order valence-corrected chi connectivity index (χ1v) is 11.3. The predicted octanol–water partition coefficient (Wildman–Crippen LogP) is 3.19. The number of likely N-dealkylation sites (tertiary alicyclic amines) is 2. The van der Waals surface area contributed by atoms with Gasteiger partial charge in [-0.25, -0.2) is 0 Å². The highest BCUT2D eigenvalue weighted by Crippen LogP contribution is 2.28. The molecule has 3 saturated heterocycles. The van der Waals surface area contributed by atoms with Crippen LogP contribution in [0.4, 0.5) is 0 Å². The third-order valence-electron chi connectivity index (χ3n) is 6.63. The zero-order chi connectivity index (χ0) is 19.2. The zero-order valence-electron chi connectivity index (χ0n) is 18.0. The monoisotopic (exact) mass is 459 g/mol. The van der Waals surface area contributed by atoms with Gasteiger partial charge in [0.25, 0.3) is 0 Å². The number of benzene rings is 1. The van der Waals surface area contributed by atoms with Gasteiger partial charge in [0.05, 0.1) is 0 Å². The minimum Gasteiger partial charge on any atom is -0.491 e. The molecule has 3 aliphatic heterocycles. The van der Waals surface area contributed by atoms with E-state index in [9.17, 15) is 5.11 Å². The van der Waals surface area contributed by atoms with Crippen LogP contribution in [0.25, 0.3) is 0 Å². The van der Waals surface area contributed by atoms with E-state index < -0.39 is 6.10 Å². The number of hydrogen-bond acceptors (Lipinski definition) is 5. The van der Waals surface area contributed by atoms with Gasteiger partial charge in [-0.05, 0) is 68.6 Å². The Morgan fingerprint density at radius 1 is 0.967 bits per heavy atom. The van der Waals surface area contributed by atoms with Crippen LogP contribution in [0.1, 0.15) is 37.7 Å². The highest BCUT2D eigenvalue weighted by atomic mass is 35.5. The maximum atomic E-state index is 10.4. The molecule has 4 rings (SSSR count). The summed E-state index contributed by atoms with van der Waals surface area (Å²) in [7, 11) is 0. The van der Waals surface area contributed by atoms with Crippen molar-refractivity contribution < 1.29 is 9.84 Å². The van der Waals surface area contributed by atoms with E-state index >= 15 is 0 Å². The molecule has 1 aromatic carbocycles. The molecule has 5 nitrogen and oxygen atoms in total. The van der Waals surface area contributed by atoms with E-state index in [0.717, 1.165) is 43.8 Å². The van der Waals surface area contributed by atoms with Crippen molar-refractivity contribution >= 4 is 24.8 Å². The summed E-state index contributed by atoms with van der Waals surface area (Å²) in [6, 6.07) is 8.42. The van der Waals surface area contributed by atoms with Crippen molar-refractivity contribution in [3.05, 3.63) is 29.8 Å². The van der Waals surface area contributed by atoms with E-state index in [1.807, 2.05) is 6.07 Å². The highest BCUT2D eigenvalue weighted by molar-refractivity contribution is 5.85. The van der Waals surface area contributed by atoms with Gasteiger partial charge >= 0.3 is 0 Å². The van der Waals surface area contributed by atoms with Gasteiger partial charge in [0, 0.05) is 26.2 Å². The molecule has 172 valence electrons. The SMILES string of the molecule is Cl.Cl.OC(COc1cccc(CN2C[C@H]3CNC[C@H]3C2)c1)CN1CCCCCCC1. The maximum Gasteiger partial charge on any atom is 0.119 e. The third kappa shape index (κ3) is 7.54. The molecule has 0 amide bonds. The predicted molar refractivity (Wildman–Crippen MR) is 127 cm³/mol. The lowest BCUT2D eigenvalue weighted by molar-refractivity contribution is 0.0654. The van der Waals surface area contributed by atoms with Gasteiger partial charge in [-0.2, -0.15) is 0 Å². The number of ether oxygens (including phenoxy) is 1. The summed E-state index contributed by atoms with van der Waals surface area (Å²) in [5, 5.41) is 13.9. The zero-order valence-corrected chi connectivity index (χ0v) is 19.6. The second-order valence-electron chi connectivity index (χ2n) is 9.05. The standard InChI is InChI=1S/C23H37N3O2.2ClH/c27-22(17-25-9-4-2-1-3-5-10-25)18-28-23-8-6-7-19(11-23)14-26-15-20-12-24-13-21(20)16-26;;/h6-8,11,20-22,24,27H,1-5,9-10,12-18H2;2*1H/t20-,21+,22?;;. The molecule has 0 spiro atoms. The fraction of sp³-hybridized carbons (Fsp3) is 0.739. The molecule has 30 heavy (non-hydrogen) atoms. The van der Waals surface area contributed by atoms with E-state index in [1.54, 1.807) is 0 Å². The van der Waals surface area contributed by atoms with Crippen molar-refractivity contribution in [2.45, 2.75) is 44.8 Å². The van der Waals surface area contributed by atoms with Gasteiger partial charge in [0.2, 0.25) is 0 Å². The maximum absolute atomic E-state index is 10.4. The lowest BCUT2D eigenvalue weighted by Crippen LogP contribution is -2.37. The van der Waals surface area contributed by atoms with Gasteiger partial charge in [-0.1, -0.05) is 31.4 Å². The van der Waals surface area contributed by atoms with Crippen LogP contribution in [0.5, 0.6) is 5.75 Å². The minimum absolute atomic E-state index is 0. The summed E-state index contributed by atoms with van der Waals surface area (Å²) >= 11 is 0. The van der Waals surface area contributed by atoms with E-state index in [4.69, 9.17) is 4.74 Å². The van der Waals surface area contributed by atoms with E-state index in [2.05, 4.69) is 33.3 Å². The topological polar surface area (TPSA) is 48.0 Å². The van der Waals surface area contributed by atoms with Crippen molar-refractivity contribution in [1.82, 2.24) is 15.1 Å². The molecular weight excluding hydrogens is 421 g/mol. The molecule has 1 aromatic rings. The van der Waals surface area contributed by atoms with Crippen LogP contribution < -0.4 is 10.1 Å². The fourth-order valence-corrected chi connectivity index (χ4v) is 5.11. The van der Waals surface area contributed by atoms with Crippen LogP contribution in [0.15, 0.2) is 24.3 Å². The van der Waals surface area contributed by atoms with Crippen molar-refractivity contribution in [1.29, 1.82) is 0 Å². The van der Waals surface area contributed by atoms with E-state index in [-0.39, 0.29) is 24.8 Å². The number of nitrogens with zero attached hydrogens (tertiary/aromatic N) is 2. The molecule has 0 aliphatic carbocycles. The highest BCUT2D eigenvalue weighted by Gasteiger charge is 2.35. The van der Waals surface area contributed by atoms with E-state index in [1.165, 1.54) is 63.8 Å². The quantitative estimate of drug-likeness (QED) is 0.655. The molecule has 3 atom stereocenters. The molecular formula is C23H39Cl2N3O2. The molecule has 3 aliphatic rings. The second kappa shape index (κ2) is 13.1. The van der Waals surface area contributed by atoms with Crippen molar-refractivity contribution in [3.8, 4) is 5.75 Å². The fourth-order valence-electron chi connectivity index (χ4n) is 5.11. The van der Waals surface area contributed by atoms with Crippen molar-refractivity contribution in [2.75, 3.05) is 52.4 Å². The molecule has 0 saturated carbocycles. The average Bonchev–Trinajstić information content (AvgIpc) is 3.24. The van der Waals surface area contributed by atoms with Gasteiger partial charge in [-0.15, -0.1) is 24.8 Å². The summed E-state index contributed by atoms with van der Waals surface area (Å²) in [5.41, 5.74) is 1.31. The molecule has 7 heteroatoms. The number of halogens is 2. The first-order valence-electron chi connectivity index (χ1n) is 11.3. The Kier molecular flexibility index (Phi) is 11.2. The molecule has 0 radical (unpaired) electrons. The summed E-state index contributed by atoms with van der Waals surface area (Å²) in [6.07, 6.45) is 6.10. The number of rotatable bonds is 7. The third-order valence-corrected chi connectivity index (χ3v) is 6.63. The summed E-state index contributed by atoms with van der Waals surface area (Å²) in [6.45, 7) is 9.09. The first-order chi connectivity index (χ1) is 13.8. The van der Waals surface area contributed by atoms with Crippen LogP contribution >= 0.6 is 24.8 Å². The van der Waals surface area contributed by atoms with Crippen molar-refractivity contribution in [3.63, 3.8) is 0 Å². The number of nitrogens with one attached hydrogen (secondary N) is 1. The van der Waals surface area contributed by atoms with Crippen LogP contribution in [0, 0.1) is 11.8 Å². The smallest absolute Gasteiger partial charge is 0.119 e. The molecule has 3 fully saturated rings. The molecule has 1 unspecified atom stereocenters. The Morgan fingerprint density at radius 2 is 1.63 bits per heavy atom. The molecule has 2 N–H and O–H groups in total. The number of β-amino-alcohol motifs (C(OH)–C–C–N with tert-alkyl or cyclic N) is 1. The Labute approximate surface area is 194 Å². The number of fused-ring (bicyclic) bond motifs is 1. The number of hydrogen-bond donors (Lipinski definition) is 2. The van der Waals surface area contributed by atoms with Crippen LogP contribution in [0.2, 0.25) is 0 Å². The molecule has 0 aromatic heterocycles. The minimum atomic E-state index is -0.423. The number of aliphatic hydroxyl groups excluding tert-OH is 1. The van der Waals surface area contributed by atoms with Gasteiger partial charge in [0.1, 0.15) is 18.5 Å². The van der Waals surface area contributed by atoms with Crippen LogP contribution in [-0.4, -0.2) is 73.4 Å². The first kappa shape index (κ1) is 25.7. The lowest BCUT2D eigenvalue weighted by atomic mass is 10.0. The second-order valence-corrected chi connectivity index (χ2v) is 9.05. The lowest BCUT2D eigenvalue weighted by Gasteiger charge is -2.26. The Bertz CT molecular complexity index is 602. The van der Waals surface area contributed by atoms with E-state index in [0.29, 0.717) is 6.61 Å². The van der Waals surface area contributed by atoms with Gasteiger partial charge < -0.3 is 20.1 Å². The number of aliphatic hydroxyl groups is 1. The van der Waals surface area contributed by atoms with Crippen molar-refractivity contribution in [2.24, 2.45) is 11.8 Å². The summed E-state index contributed by atoms with van der Waals surface area (Å²) < 4.78 is 5.94. The Hall–Kier alpha value is -0.560. The average molecular weight is 460 g/mol. The largest absolute Gasteiger partial charge is 0.491 e.